The Hall–Kier alpha value is -7.42. The van der Waals surface area contributed by atoms with Crippen molar-refractivity contribution in [1.29, 1.82) is 0 Å². The number of fused-ring (bicyclic) bond motifs is 7. The van der Waals surface area contributed by atoms with Gasteiger partial charge in [0.1, 0.15) is 11.2 Å². The minimum atomic E-state index is 0.902. The van der Waals surface area contributed by atoms with E-state index in [2.05, 4.69) is 205 Å². The van der Waals surface area contributed by atoms with Gasteiger partial charge < -0.3 is 9.32 Å². The van der Waals surface area contributed by atoms with Crippen LogP contribution in [-0.4, -0.2) is 0 Å². The van der Waals surface area contributed by atoms with Gasteiger partial charge in [-0.15, -0.1) is 0 Å². The number of rotatable bonds is 6. The maximum absolute atomic E-state index is 6.25. The molecule has 11 rings (SSSR count). The Morgan fingerprint density at radius 3 is 1.62 bits per heavy atom. The lowest BCUT2D eigenvalue weighted by atomic mass is 9.93. The van der Waals surface area contributed by atoms with E-state index in [0.717, 1.165) is 50.1 Å². The van der Waals surface area contributed by atoms with Gasteiger partial charge in [-0.05, 0) is 120 Å². The predicted molar refractivity (Wildman–Crippen MR) is 237 cm³/mol. The highest BCUT2D eigenvalue weighted by Gasteiger charge is 2.17. The molecule has 0 aliphatic carbocycles. The Morgan fingerprint density at radius 2 is 0.839 bits per heavy atom. The molecule has 0 bridgehead atoms. The first-order valence-electron chi connectivity index (χ1n) is 19.2. The van der Waals surface area contributed by atoms with Crippen molar-refractivity contribution in [3.8, 4) is 33.4 Å². The van der Waals surface area contributed by atoms with Crippen molar-refractivity contribution in [3.63, 3.8) is 0 Å². The third-order valence-electron chi connectivity index (χ3n) is 11.2. The molecule has 0 aliphatic heterocycles. The Labute approximate surface area is 325 Å². The first-order valence-corrected chi connectivity index (χ1v) is 19.2. The van der Waals surface area contributed by atoms with Crippen LogP contribution in [0.1, 0.15) is 0 Å². The van der Waals surface area contributed by atoms with E-state index in [1.165, 1.54) is 54.6 Å². The first kappa shape index (κ1) is 32.0. The number of hydrogen-bond acceptors (Lipinski definition) is 2. The molecule has 56 heavy (non-hydrogen) atoms. The highest BCUT2D eigenvalue weighted by Crippen LogP contribution is 2.42. The first-order chi connectivity index (χ1) is 27.8. The number of nitrogens with zero attached hydrogens (tertiary/aromatic N) is 1. The summed E-state index contributed by atoms with van der Waals surface area (Å²) in [6, 6.07) is 76.5. The van der Waals surface area contributed by atoms with E-state index in [0.29, 0.717) is 0 Å². The van der Waals surface area contributed by atoms with E-state index in [1.54, 1.807) is 0 Å². The van der Waals surface area contributed by atoms with Crippen LogP contribution in [0.4, 0.5) is 17.1 Å². The molecule has 2 heteroatoms. The lowest BCUT2D eigenvalue weighted by molar-refractivity contribution is 0.669. The molecule has 10 aromatic carbocycles. The third kappa shape index (κ3) is 5.34. The molecule has 1 heterocycles. The van der Waals surface area contributed by atoms with Crippen molar-refractivity contribution < 1.29 is 4.42 Å². The average molecular weight is 714 g/mol. The number of anilines is 3. The molecule has 11 aromatic rings. The summed E-state index contributed by atoms with van der Waals surface area (Å²) in [6.07, 6.45) is 0. The van der Waals surface area contributed by atoms with Crippen molar-refractivity contribution in [2.24, 2.45) is 0 Å². The highest BCUT2D eigenvalue weighted by atomic mass is 16.3. The van der Waals surface area contributed by atoms with Crippen molar-refractivity contribution in [1.82, 2.24) is 0 Å². The monoisotopic (exact) mass is 713 g/mol. The number of furan rings is 1. The van der Waals surface area contributed by atoms with Crippen molar-refractivity contribution in [2.45, 2.75) is 0 Å². The quantitative estimate of drug-likeness (QED) is 0.160. The topological polar surface area (TPSA) is 16.4 Å². The molecule has 0 saturated carbocycles. The molecule has 0 spiro atoms. The van der Waals surface area contributed by atoms with Gasteiger partial charge >= 0.3 is 0 Å². The van der Waals surface area contributed by atoms with Crippen LogP contribution < -0.4 is 4.90 Å². The van der Waals surface area contributed by atoms with Crippen LogP contribution in [0.15, 0.2) is 217 Å². The maximum Gasteiger partial charge on any atom is 0.136 e. The standard InChI is InChI=1S/C54H35NO/c1-3-17-44-36(12-1)14-10-22-45(44)37-26-30-41(31-27-37)55(42-32-28-38(29-33-42)47-23-11-25-53-54(47)50-21-7-8-24-52(50)56-53)43-16-9-15-39(34-43)51-35-40-13-2-4-18-46(40)48-19-5-6-20-49(48)51/h1-35H. The molecule has 0 atom stereocenters. The SMILES string of the molecule is c1cc(-c2cc3ccccc3c3ccccc23)cc(N(c2ccc(-c3cccc4ccccc34)cc2)c2ccc(-c3cccc4oc5ccccc5c34)cc2)c1. The summed E-state index contributed by atoms with van der Waals surface area (Å²) in [7, 11) is 0. The van der Waals surface area contributed by atoms with Crippen LogP contribution in [-0.2, 0) is 0 Å². The molecule has 0 aliphatic rings. The smallest absolute Gasteiger partial charge is 0.136 e. The van der Waals surface area contributed by atoms with Crippen molar-refractivity contribution >= 4 is 71.3 Å². The zero-order chi connectivity index (χ0) is 37.0. The maximum atomic E-state index is 6.25. The van der Waals surface area contributed by atoms with Gasteiger partial charge in [0.15, 0.2) is 0 Å². The summed E-state index contributed by atoms with van der Waals surface area (Å²) in [5.41, 5.74) is 12.2. The summed E-state index contributed by atoms with van der Waals surface area (Å²) in [5.74, 6) is 0. The fraction of sp³-hybridized carbons (Fsp3) is 0. The molecule has 1 aromatic heterocycles. The lowest BCUT2D eigenvalue weighted by Gasteiger charge is -2.27. The third-order valence-corrected chi connectivity index (χ3v) is 11.2. The second kappa shape index (κ2) is 13.2. The molecule has 0 saturated heterocycles. The van der Waals surface area contributed by atoms with Gasteiger partial charge in [-0.2, -0.15) is 0 Å². The van der Waals surface area contributed by atoms with Crippen LogP contribution in [0.5, 0.6) is 0 Å². The summed E-state index contributed by atoms with van der Waals surface area (Å²) < 4.78 is 6.25. The molecule has 0 amide bonds. The van der Waals surface area contributed by atoms with E-state index >= 15 is 0 Å². The second-order valence-electron chi connectivity index (χ2n) is 14.5. The molecular weight excluding hydrogens is 679 g/mol. The largest absolute Gasteiger partial charge is 0.456 e. The van der Waals surface area contributed by atoms with Gasteiger partial charge in [0, 0.05) is 27.8 Å². The fourth-order valence-corrected chi connectivity index (χ4v) is 8.63. The number of benzene rings is 10. The lowest BCUT2D eigenvalue weighted by Crippen LogP contribution is -2.10. The minimum Gasteiger partial charge on any atom is -0.456 e. The minimum absolute atomic E-state index is 0.902. The zero-order valence-corrected chi connectivity index (χ0v) is 30.6. The Balaban J connectivity index is 1.06. The van der Waals surface area contributed by atoms with Crippen LogP contribution >= 0.6 is 0 Å². The molecule has 0 fully saturated rings. The van der Waals surface area contributed by atoms with E-state index in [9.17, 15) is 0 Å². The van der Waals surface area contributed by atoms with Crippen LogP contribution in [0, 0.1) is 0 Å². The Bertz CT molecular complexity index is 3240. The van der Waals surface area contributed by atoms with Gasteiger partial charge in [-0.1, -0.05) is 158 Å². The van der Waals surface area contributed by atoms with Crippen LogP contribution in [0.2, 0.25) is 0 Å². The van der Waals surface area contributed by atoms with Crippen molar-refractivity contribution in [2.75, 3.05) is 4.90 Å². The summed E-state index contributed by atoms with van der Waals surface area (Å²) in [5, 5.41) is 9.81. The molecule has 0 N–H and O–H groups in total. The Kier molecular flexibility index (Phi) is 7.53. The molecular formula is C54H35NO. The molecule has 2 nitrogen and oxygen atoms in total. The Morgan fingerprint density at radius 1 is 0.286 bits per heavy atom. The fourth-order valence-electron chi connectivity index (χ4n) is 8.63. The van der Waals surface area contributed by atoms with Gasteiger partial charge in [0.05, 0.1) is 0 Å². The highest BCUT2D eigenvalue weighted by molar-refractivity contribution is 6.14. The number of hydrogen-bond donors (Lipinski definition) is 0. The van der Waals surface area contributed by atoms with Gasteiger partial charge in [-0.3, -0.25) is 0 Å². The van der Waals surface area contributed by atoms with Gasteiger partial charge in [0.25, 0.3) is 0 Å². The molecule has 262 valence electrons. The molecule has 0 unspecified atom stereocenters. The van der Waals surface area contributed by atoms with E-state index in [1.807, 2.05) is 12.1 Å². The predicted octanol–water partition coefficient (Wildman–Crippen LogP) is 15.5. The normalized spacial score (nSPS) is 11.6. The summed E-state index contributed by atoms with van der Waals surface area (Å²) in [4.78, 5) is 2.37. The average Bonchev–Trinajstić information content (AvgIpc) is 3.66. The summed E-state index contributed by atoms with van der Waals surface area (Å²) >= 11 is 0. The van der Waals surface area contributed by atoms with Gasteiger partial charge in [-0.25, -0.2) is 0 Å². The number of para-hydroxylation sites is 1. The summed E-state index contributed by atoms with van der Waals surface area (Å²) in [6.45, 7) is 0. The second-order valence-corrected chi connectivity index (χ2v) is 14.5. The van der Waals surface area contributed by atoms with Crippen LogP contribution in [0.25, 0.3) is 87.6 Å². The van der Waals surface area contributed by atoms with Crippen molar-refractivity contribution in [3.05, 3.63) is 212 Å². The zero-order valence-electron chi connectivity index (χ0n) is 30.6. The van der Waals surface area contributed by atoms with Crippen LogP contribution in [0.3, 0.4) is 0 Å². The van der Waals surface area contributed by atoms with E-state index in [-0.39, 0.29) is 0 Å². The van der Waals surface area contributed by atoms with E-state index in [4.69, 9.17) is 4.42 Å². The van der Waals surface area contributed by atoms with Gasteiger partial charge in [0.2, 0.25) is 0 Å². The van der Waals surface area contributed by atoms with E-state index < -0.39 is 0 Å². The molecule has 0 radical (unpaired) electrons.